The van der Waals surface area contributed by atoms with Crippen molar-refractivity contribution in [2.45, 2.75) is 0 Å². The van der Waals surface area contributed by atoms with Crippen LogP contribution >= 0.6 is 23.2 Å². The van der Waals surface area contributed by atoms with E-state index in [4.69, 9.17) is 23.2 Å². The van der Waals surface area contributed by atoms with Crippen LogP contribution in [0.3, 0.4) is 0 Å². The summed E-state index contributed by atoms with van der Waals surface area (Å²) in [4.78, 5) is 33.5. The van der Waals surface area contributed by atoms with Gasteiger partial charge < -0.3 is 5.32 Å². The molecule has 2 aromatic carbocycles. The van der Waals surface area contributed by atoms with Crippen LogP contribution in [-0.4, -0.2) is 23.0 Å². The van der Waals surface area contributed by atoms with Crippen LogP contribution < -0.4 is 10.7 Å². The van der Waals surface area contributed by atoms with Crippen LogP contribution in [0.1, 0.15) is 5.56 Å². The standard InChI is InChI=1S/C15H10Cl2N4O4/c16-10-2-4-11(5-3-10)19-14(22)15(23)20-18-8-9-1-6-12(17)13(7-9)21(24)25/h1-8H,(H,19,22)(H,20,23)/b18-8-. The molecule has 0 aliphatic rings. The molecule has 25 heavy (non-hydrogen) atoms. The summed E-state index contributed by atoms with van der Waals surface area (Å²) in [7, 11) is 0. The largest absolute Gasteiger partial charge is 0.329 e. The summed E-state index contributed by atoms with van der Waals surface area (Å²) >= 11 is 11.4. The molecule has 128 valence electrons. The van der Waals surface area contributed by atoms with Crippen molar-refractivity contribution in [3.05, 3.63) is 68.2 Å². The van der Waals surface area contributed by atoms with Gasteiger partial charge in [-0.15, -0.1) is 0 Å². The number of amides is 2. The van der Waals surface area contributed by atoms with Crippen LogP contribution in [0.25, 0.3) is 0 Å². The summed E-state index contributed by atoms with van der Waals surface area (Å²) in [5.74, 6) is -1.93. The highest BCUT2D eigenvalue weighted by atomic mass is 35.5. The van der Waals surface area contributed by atoms with Crippen molar-refractivity contribution < 1.29 is 14.5 Å². The van der Waals surface area contributed by atoms with Gasteiger partial charge in [-0.2, -0.15) is 5.10 Å². The number of halogens is 2. The number of nitrogens with one attached hydrogen (secondary N) is 2. The highest BCUT2D eigenvalue weighted by Gasteiger charge is 2.14. The smallest absolute Gasteiger partial charge is 0.318 e. The molecule has 0 spiro atoms. The van der Waals surface area contributed by atoms with Crippen LogP contribution in [0, 0.1) is 10.1 Å². The van der Waals surface area contributed by atoms with Crippen LogP contribution in [0.5, 0.6) is 0 Å². The highest BCUT2D eigenvalue weighted by molar-refractivity contribution is 6.39. The predicted octanol–water partition coefficient (Wildman–Crippen LogP) is 2.99. The van der Waals surface area contributed by atoms with Crippen LogP contribution in [0.4, 0.5) is 11.4 Å². The number of carbonyl (C=O) groups excluding carboxylic acids is 2. The molecule has 0 aromatic heterocycles. The Morgan fingerprint density at radius 2 is 1.76 bits per heavy atom. The Hall–Kier alpha value is -2.97. The first-order chi connectivity index (χ1) is 11.9. The number of nitro benzene ring substituents is 1. The second-order valence-corrected chi connectivity index (χ2v) is 5.47. The van der Waals surface area contributed by atoms with Gasteiger partial charge in [0.2, 0.25) is 0 Å². The lowest BCUT2D eigenvalue weighted by Crippen LogP contribution is -2.32. The third kappa shape index (κ3) is 5.27. The molecule has 8 nitrogen and oxygen atoms in total. The van der Waals surface area contributed by atoms with Gasteiger partial charge in [0.25, 0.3) is 5.69 Å². The molecule has 0 atom stereocenters. The van der Waals surface area contributed by atoms with Crippen molar-refractivity contribution >= 4 is 52.6 Å². The Bertz CT molecular complexity index is 853. The van der Waals surface area contributed by atoms with E-state index in [0.717, 1.165) is 6.21 Å². The first kappa shape index (κ1) is 18.4. The number of hydrazone groups is 1. The second kappa shape index (κ2) is 8.22. The topological polar surface area (TPSA) is 114 Å². The van der Waals surface area contributed by atoms with Gasteiger partial charge in [-0.25, -0.2) is 5.43 Å². The molecule has 0 saturated heterocycles. The van der Waals surface area contributed by atoms with Gasteiger partial charge in [-0.3, -0.25) is 19.7 Å². The van der Waals surface area contributed by atoms with Crippen LogP contribution in [0.15, 0.2) is 47.6 Å². The molecule has 0 heterocycles. The number of anilines is 1. The fraction of sp³-hybridized carbons (Fsp3) is 0. The maximum absolute atomic E-state index is 11.7. The molecule has 10 heteroatoms. The number of nitro groups is 1. The van der Waals surface area contributed by atoms with Gasteiger partial charge >= 0.3 is 11.8 Å². The lowest BCUT2D eigenvalue weighted by Gasteiger charge is -2.03. The van der Waals surface area contributed by atoms with Gasteiger partial charge in [0, 0.05) is 22.3 Å². The Balaban J connectivity index is 1.95. The lowest BCUT2D eigenvalue weighted by molar-refractivity contribution is -0.384. The molecular weight excluding hydrogens is 371 g/mol. The minimum absolute atomic E-state index is 0.0199. The average molecular weight is 381 g/mol. The van der Waals surface area contributed by atoms with Crippen molar-refractivity contribution in [1.29, 1.82) is 0 Å². The van der Waals surface area contributed by atoms with Gasteiger partial charge in [0.05, 0.1) is 11.1 Å². The van der Waals surface area contributed by atoms with Crippen LogP contribution in [0.2, 0.25) is 10.0 Å². The molecule has 0 aliphatic heterocycles. The van der Waals surface area contributed by atoms with E-state index < -0.39 is 16.7 Å². The van der Waals surface area contributed by atoms with E-state index in [1.54, 1.807) is 12.1 Å². The summed E-state index contributed by atoms with van der Waals surface area (Å²) in [5.41, 5.74) is 2.44. The first-order valence-corrected chi connectivity index (χ1v) is 7.46. The molecule has 0 aliphatic carbocycles. The minimum Gasteiger partial charge on any atom is -0.318 e. The van der Waals surface area contributed by atoms with E-state index in [1.807, 2.05) is 5.43 Å². The fourth-order valence-corrected chi connectivity index (χ4v) is 2.00. The van der Waals surface area contributed by atoms with E-state index in [-0.39, 0.29) is 10.7 Å². The van der Waals surface area contributed by atoms with Crippen molar-refractivity contribution in [3.63, 3.8) is 0 Å². The quantitative estimate of drug-likeness (QED) is 0.367. The molecule has 0 radical (unpaired) electrons. The van der Waals surface area contributed by atoms with Crippen molar-refractivity contribution in [1.82, 2.24) is 5.43 Å². The molecule has 2 aromatic rings. The fourth-order valence-electron chi connectivity index (χ4n) is 1.69. The summed E-state index contributed by atoms with van der Waals surface area (Å²) in [5, 5.41) is 17.2. The molecule has 0 fully saturated rings. The molecule has 2 amide bonds. The third-order valence-electron chi connectivity index (χ3n) is 2.85. The van der Waals surface area contributed by atoms with E-state index in [9.17, 15) is 19.7 Å². The van der Waals surface area contributed by atoms with E-state index in [2.05, 4.69) is 10.4 Å². The average Bonchev–Trinajstić information content (AvgIpc) is 2.58. The Labute approximate surface area is 151 Å². The van der Waals surface area contributed by atoms with Gasteiger partial charge in [-0.1, -0.05) is 29.3 Å². The lowest BCUT2D eigenvalue weighted by atomic mass is 10.2. The summed E-state index contributed by atoms with van der Waals surface area (Å²) in [6, 6.07) is 10.2. The Morgan fingerprint density at radius 3 is 2.40 bits per heavy atom. The third-order valence-corrected chi connectivity index (χ3v) is 3.43. The van der Waals surface area contributed by atoms with Gasteiger partial charge in [-0.05, 0) is 30.3 Å². The second-order valence-electron chi connectivity index (χ2n) is 4.63. The van der Waals surface area contributed by atoms with E-state index in [1.165, 1.54) is 30.3 Å². The molecule has 0 unspecified atom stereocenters. The number of carbonyl (C=O) groups is 2. The van der Waals surface area contributed by atoms with Gasteiger partial charge in [0.1, 0.15) is 5.02 Å². The number of nitrogens with zero attached hydrogens (tertiary/aromatic N) is 2. The summed E-state index contributed by atoms with van der Waals surface area (Å²) in [6.07, 6.45) is 1.15. The minimum atomic E-state index is -1.00. The first-order valence-electron chi connectivity index (χ1n) is 6.70. The van der Waals surface area contributed by atoms with Crippen LogP contribution in [-0.2, 0) is 9.59 Å². The zero-order valence-corrected chi connectivity index (χ0v) is 13.9. The number of hydrogen-bond acceptors (Lipinski definition) is 5. The van der Waals surface area contributed by atoms with Crippen molar-refractivity contribution in [2.24, 2.45) is 5.10 Å². The maximum Gasteiger partial charge on any atom is 0.329 e. The molecular formula is C15H10Cl2N4O4. The molecule has 2 N–H and O–H groups in total. The zero-order chi connectivity index (χ0) is 18.4. The molecule has 2 rings (SSSR count). The maximum atomic E-state index is 11.7. The highest BCUT2D eigenvalue weighted by Crippen LogP contribution is 2.24. The molecule has 0 saturated carbocycles. The summed E-state index contributed by atoms with van der Waals surface area (Å²) in [6.45, 7) is 0. The monoisotopic (exact) mass is 380 g/mol. The SMILES string of the molecule is O=C(N/N=C\c1ccc(Cl)c([N+](=O)[O-])c1)C(=O)Nc1ccc(Cl)cc1. The zero-order valence-electron chi connectivity index (χ0n) is 12.4. The van der Waals surface area contributed by atoms with Crippen molar-refractivity contribution in [2.75, 3.05) is 5.32 Å². The van der Waals surface area contributed by atoms with Gasteiger partial charge in [0.15, 0.2) is 0 Å². The molecule has 0 bridgehead atoms. The normalized spacial score (nSPS) is 10.5. The van der Waals surface area contributed by atoms with E-state index >= 15 is 0 Å². The Kier molecular flexibility index (Phi) is 6.04. The number of hydrogen-bond donors (Lipinski definition) is 2. The predicted molar refractivity (Wildman–Crippen MR) is 93.9 cm³/mol. The van der Waals surface area contributed by atoms with E-state index in [0.29, 0.717) is 16.3 Å². The van der Waals surface area contributed by atoms with Crippen molar-refractivity contribution in [3.8, 4) is 0 Å². The Morgan fingerprint density at radius 1 is 1.08 bits per heavy atom. The number of rotatable bonds is 4. The number of benzene rings is 2. The summed E-state index contributed by atoms with van der Waals surface area (Å²) < 4.78 is 0.